The van der Waals surface area contributed by atoms with Crippen LogP contribution in [-0.2, 0) is 14.8 Å². The Morgan fingerprint density at radius 3 is 2.20 bits per heavy atom. The molecule has 0 saturated heterocycles. The lowest BCUT2D eigenvalue weighted by atomic mass is 10.1. The molecular weight excluding hydrogens is 468 g/mol. The number of methoxy groups -OCH3 is 2. The molecule has 0 saturated carbocycles. The fourth-order valence-corrected chi connectivity index (χ4v) is 5.01. The number of carbonyl (C=O) groups is 1. The summed E-state index contributed by atoms with van der Waals surface area (Å²) in [5, 5.41) is 2.87. The van der Waals surface area contributed by atoms with E-state index in [0.29, 0.717) is 35.1 Å². The molecule has 3 aromatic rings. The van der Waals surface area contributed by atoms with Crippen molar-refractivity contribution in [2.24, 2.45) is 0 Å². The fraction of sp³-hybridized carbons (Fsp3) is 0.269. The number of sulfonamides is 1. The topological polar surface area (TPSA) is 94.2 Å². The van der Waals surface area contributed by atoms with Gasteiger partial charge < -0.3 is 19.5 Å². The first-order chi connectivity index (χ1) is 16.8. The SMILES string of the molecule is CCOc1ccc(S(=O)(=O)N(CC(=O)NC(C)c2cc(OC)ccc2OC)c2ccccc2)cc1. The van der Waals surface area contributed by atoms with E-state index in [2.05, 4.69) is 5.32 Å². The summed E-state index contributed by atoms with van der Waals surface area (Å²) in [5.74, 6) is 1.30. The lowest BCUT2D eigenvalue weighted by Crippen LogP contribution is -2.41. The Kier molecular flexibility index (Phi) is 8.59. The van der Waals surface area contributed by atoms with Crippen LogP contribution in [0.1, 0.15) is 25.5 Å². The highest BCUT2D eigenvalue weighted by atomic mass is 32.2. The van der Waals surface area contributed by atoms with E-state index in [1.54, 1.807) is 81.8 Å². The summed E-state index contributed by atoms with van der Waals surface area (Å²) in [7, 11) is -0.937. The van der Waals surface area contributed by atoms with Gasteiger partial charge in [-0.3, -0.25) is 9.10 Å². The summed E-state index contributed by atoms with van der Waals surface area (Å²) >= 11 is 0. The molecule has 0 bridgehead atoms. The first kappa shape index (κ1) is 25.9. The van der Waals surface area contributed by atoms with Crippen LogP contribution in [0, 0.1) is 0 Å². The molecule has 0 aromatic heterocycles. The second-order valence-corrected chi connectivity index (χ2v) is 9.51. The van der Waals surface area contributed by atoms with Gasteiger partial charge >= 0.3 is 0 Å². The molecule has 3 aromatic carbocycles. The molecule has 1 unspecified atom stereocenters. The normalized spacial score (nSPS) is 11.9. The summed E-state index contributed by atoms with van der Waals surface area (Å²) < 4.78 is 44.3. The van der Waals surface area contributed by atoms with Crippen molar-refractivity contribution < 1.29 is 27.4 Å². The monoisotopic (exact) mass is 498 g/mol. The molecule has 0 spiro atoms. The van der Waals surface area contributed by atoms with Crippen molar-refractivity contribution in [3.8, 4) is 17.2 Å². The van der Waals surface area contributed by atoms with Gasteiger partial charge in [-0.05, 0) is 68.4 Å². The van der Waals surface area contributed by atoms with Crippen LogP contribution < -0.4 is 23.8 Å². The maximum absolute atomic E-state index is 13.5. The summed E-state index contributed by atoms with van der Waals surface area (Å²) in [5.41, 5.74) is 1.09. The van der Waals surface area contributed by atoms with Crippen molar-refractivity contribution in [1.29, 1.82) is 0 Å². The van der Waals surface area contributed by atoms with Crippen LogP contribution in [0.15, 0.2) is 77.7 Å². The number of rotatable bonds is 11. The first-order valence-electron chi connectivity index (χ1n) is 11.1. The molecule has 1 atom stereocenters. The van der Waals surface area contributed by atoms with Crippen LogP contribution >= 0.6 is 0 Å². The average Bonchev–Trinajstić information content (AvgIpc) is 2.87. The molecule has 3 rings (SSSR count). The van der Waals surface area contributed by atoms with Crippen molar-refractivity contribution in [1.82, 2.24) is 5.32 Å². The van der Waals surface area contributed by atoms with Crippen molar-refractivity contribution in [3.63, 3.8) is 0 Å². The molecule has 0 heterocycles. The lowest BCUT2D eigenvalue weighted by molar-refractivity contribution is -0.120. The van der Waals surface area contributed by atoms with Crippen molar-refractivity contribution in [2.75, 3.05) is 31.7 Å². The minimum Gasteiger partial charge on any atom is -0.497 e. The summed E-state index contributed by atoms with van der Waals surface area (Å²) in [6.07, 6.45) is 0. The van der Waals surface area contributed by atoms with Crippen LogP contribution in [0.25, 0.3) is 0 Å². The molecule has 0 radical (unpaired) electrons. The zero-order valence-electron chi connectivity index (χ0n) is 20.2. The van der Waals surface area contributed by atoms with Gasteiger partial charge in [0.05, 0.1) is 37.5 Å². The summed E-state index contributed by atoms with van der Waals surface area (Å²) in [6.45, 7) is 3.71. The predicted molar refractivity (Wildman–Crippen MR) is 135 cm³/mol. The molecule has 0 aliphatic heterocycles. The highest BCUT2D eigenvalue weighted by Crippen LogP contribution is 2.30. The number of anilines is 1. The number of ether oxygens (including phenoxy) is 3. The van der Waals surface area contributed by atoms with E-state index < -0.39 is 28.5 Å². The average molecular weight is 499 g/mol. The molecule has 35 heavy (non-hydrogen) atoms. The number of benzene rings is 3. The third-order valence-corrected chi connectivity index (χ3v) is 7.12. The molecule has 8 nitrogen and oxygen atoms in total. The number of hydrogen-bond acceptors (Lipinski definition) is 6. The molecule has 0 fully saturated rings. The molecule has 1 amide bonds. The Morgan fingerprint density at radius 2 is 1.60 bits per heavy atom. The van der Waals surface area contributed by atoms with E-state index >= 15 is 0 Å². The Hall–Kier alpha value is -3.72. The van der Waals surface area contributed by atoms with Gasteiger partial charge in [0.25, 0.3) is 10.0 Å². The quantitative estimate of drug-likeness (QED) is 0.426. The van der Waals surface area contributed by atoms with Crippen molar-refractivity contribution in [3.05, 3.63) is 78.4 Å². The van der Waals surface area contributed by atoms with E-state index in [1.165, 1.54) is 12.1 Å². The number of carbonyl (C=O) groups excluding carboxylic acids is 1. The minimum atomic E-state index is -4.03. The molecule has 0 aliphatic rings. The third-order valence-electron chi connectivity index (χ3n) is 5.33. The zero-order valence-corrected chi connectivity index (χ0v) is 21.0. The lowest BCUT2D eigenvalue weighted by Gasteiger charge is -2.25. The van der Waals surface area contributed by atoms with Gasteiger partial charge in [-0.1, -0.05) is 18.2 Å². The van der Waals surface area contributed by atoms with Gasteiger partial charge in [0, 0.05) is 5.56 Å². The number of amides is 1. The third kappa shape index (κ3) is 6.24. The Balaban J connectivity index is 1.87. The van der Waals surface area contributed by atoms with Crippen LogP contribution in [0.5, 0.6) is 17.2 Å². The van der Waals surface area contributed by atoms with Crippen molar-refractivity contribution >= 4 is 21.6 Å². The highest BCUT2D eigenvalue weighted by Gasteiger charge is 2.28. The van der Waals surface area contributed by atoms with Gasteiger partial charge in [-0.25, -0.2) is 8.42 Å². The van der Waals surface area contributed by atoms with E-state index in [9.17, 15) is 13.2 Å². The van der Waals surface area contributed by atoms with Crippen LogP contribution in [0.3, 0.4) is 0 Å². The number of nitrogens with zero attached hydrogens (tertiary/aromatic N) is 1. The van der Waals surface area contributed by atoms with Gasteiger partial charge in [-0.15, -0.1) is 0 Å². The van der Waals surface area contributed by atoms with E-state index in [-0.39, 0.29) is 4.90 Å². The zero-order chi connectivity index (χ0) is 25.4. The maximum atomic E-state index is 13.5. The molecule has 1 N–H and O–H groups in total. The molecule has 0 aliphatic carbocycles. The van der Waals surface area contributed by atoms with E-state index in [0.717, 1.165) is 4.31 Å². The van der Waals surface area contributed by atoms with Crippen LogP contribution in [-0.4, -0.2) is 41.7 Å². The Labute approximate surface area is 206 Å². The second-order valence-electron chi connectivity index (χ2n) is 7.65. The standard InChI is InChI=1S/C26H30N2O6S/c1-5-34-21-11-14-23(15-12-21)35(30,31)28(20-9-7-6-8-10-20)18-26(29)27-19(2)24-17-22(32-3)13-16-25(24)33-4/h6-17,19H,5,18H2,1-4H3,(H,27,29). The van der Waals surface area contributed by atoms with Crippen molar-refractivity contribution in [2.45, 2.75) is 24.8 Å². The van der Waals surface area contributed by atoms with Crippen LogP contribution in [0.4, 0.5) is 5.69 Å². The highest BCUT2D eigenvalue weighted by molar-refractivity contribution is 7.92. The number of hydrogen-bond donors (Lipinski definition) is 1. The summed E-state index contributed by atoms with van der Waals surface area (Å²) in [6, 6.07) is 19.5. The first-order valence-corrected chi connectivity index (χ1v) is 12.6. The van der Waals surface area contributed by atoms with Gasteiger partial charge in [-0.2, -0.15) is 0 Å². The smallest absolute Gasteiger partial charge is 0.264 e. The fourth-order valence-electron chi connectivity index (χ4n) is 3.58. The van der Waals surface area contributed by atoms with E-state index in [1.807, 2.05) is 6.92 Å². The summed E-state index contributed by atoms with van der Waals surface area (Å²) in [4.78, 5) is 13.1. The van der Waals surface area contributed by atoms with E-state index in [4.69, 9.17) is 14.2 Å². The minimum absolute atomic E-state index is 0.0557. The maximum Gasteiger partial charge on any atom is 0.264 e. The van der Waals surface area contributed by atoms with Crippen LogP contribution in [0.2, 0.25) is 0 Å². The Morgan fingerprint density at radius 1 is 0.943 bits per heavy atom. The second kappa shape index (κ2) is 11.6. The van der Waals surface area contributed by atoms with Gasteiger partial charge in [0.1, 0.15) is 23.8 Å². The predicted octanol–water partition coefficient (Wildman–Crippen LogP) is 4.18. The molecule has 9 heteroatoms. The largest absolute Gasteiger partial charge is 0.497 e. The molecule has 186 valence electrons. The number of nitrogens with one attached hydrogen (secondary N) is 1. The number of para-hydroxylation sites is 1. The van der Waals surface area contributed by atoms with Gasteiger partial charge in [0.2, 0.25) is 5.91 Å². The van der Waals surface area contributed by atoms with Gasteiger partial charge in [0.15, 0.2) is 0 Å². The Bertz CT molecular complexity index is 1230. The molecular formula is C26H30N2O6S.